The summed E-state index contributed by atoms with van der Waals surface area (Å²) < 4.78 is 63.0. The van der Waals surface area contributed by atoms with Crippen molar-refractivity contribution in [3.8, 4) is 0 Å². The largest absolute Gasteiger partial charge is 0.435 e. The van der Waals surface area contributed by atoms with Crippen LogP contribution in [0.4, 0.5) is 18.9 Å². The maximum absolute atomic E-state index is 13.0. The molecule has 1 aliphatic carbocycles. The van der Waals surface area contributed by atoms with Crippen LogP contribution in [-0.4, -0.2) is 30.3 Å². The Morgan fingerprint density at radius 2 is 2.11 bits per heavy atom. The normalized spacial score (nSPS) is 17.4. The second-order valence-corrected chi connectivity index (χ2v) is 8.67. The third kappa shape index (κ3) is 4.00. The zero-order valence-corrected chi connectivity index (χ0v) is 15.2. The third-order valence-corrected chi connectivity index (χ3v) is 6.36. The minimum absolute atomic E-state index is 0.0243. The van der Waals surface area contributed by atoms with Crippen molar-refractivity contribution in [2.24, 2.45) is 5.92 Å². The Morgan fingerprint density at radius 1 is 1.37 bits per heavy atom. The molecule has 0 saturated heterocycles. The lowest BCUT2D eigenvalue weighted by molar-refractivity contribution is -0.142. The topological polar surface area (TPSA) is 91.9 Å². The van der Waals surface area contributed by atoms with Gasteiger partial charge in [-0.1, -0.05) is 13.0 Å². The predicted molar refractivity (Wildman–Crippen MR) is 91.9 cm³/mol. The first-order chi connectivity index (χ1) is 12.6. The number of H-pyrrole nitrogens is 1. The molecule has 1 atom stereocenters. The molecule has 0 unspecified atom stereocenters. The van der Waals surface area contributed by atoms with Crippen molar-refractivity contribution in [2.75, 3.05) is 11.1 Å². The Kier molecular flexibility index (Phi) is 5.02. The molecule has 10 heteroatoms. The highest BCUT2D eigenvalue weighted by atomic mass is 32.2. The van der Waals surface area contributed by atoms with Gasteiger partial charge in [0.15, 0.2) is 15.5 Å². The Hall–Kier alpha value is -2.36. The summed E-state index contributed by atoms with van der Waals surface area (Å²) in [5.41, 5.74) is -0.256. The number of nitrogens with one attached hydrogen (secondary N) is 2. The van der Waals surface area contributed by atoms with Crippen LogP contribution in [0.2, 0.25) is 0 Å². The van der Waals surface area contributed by atoms with E-state index in [2.05, 4.69) is 15.5 Å². The van der Waals surface area contributed by atoms with Crippen molar-refractivity contribution in [1.82, 2.24) is 10.2 Å². The van der Waals surface area contributed by atoms with Gasteiger partial charge in [-0.3, -0.25) is 9.89 Å². The SMILES string of the molecule is CCS(=O)(=O)c1cccc(NC(=O)[C@@H]2CCc3[nH]nc(C(F)(F)F)c3C2)c1. The summed E-state index contributed by atoms with van der Waals surface area (Å²) in [6.07, 6.45) is -3.98. The first-order valence-corrected chi connectivity index (χ1v) is 10.0. The number of sulfone groups is 1. The zero-order valence-electron chi connectivity index (χ0n) is 14.4. The van der Waals surface area contributed by atoms with Crippen LogP contribution < -0.4 is 5.32 Å². The van der Waals surface area contributed by atoms with E-state index in [0.29, 0.717) is 24.2 Å². The number of amides is 1. The van der Waals surface area contributed by atoms with Gasteiger partial charge >= 0.3 is 6.18 Å². The first kappa shape index (κ1) is 19.4. The number of fused-ring (bicyclic) bond motifs is 1. The molecule has 27 heavy (non-hydrogen) atoms. The summed E-state index contributed by atoms with van der Waals surface area (Å²) in [4.78, 5) is 12.6. The minimum Gasteiger partial charge on any atom is -0.326 e. The highest BCUT2D eigenvalue weighted by molar-refractivity contribution is 7.91. The minimum atomic E-state index is -4.58. The highest BCUT2D eigenvalue weighted by Gasteiger charge is 2.40. The Bertz CT molecular complexity index is 967. The van der Waals surface area contributed by atoms with Gasteiger partial charge < -0.3 is 5.32 Å². The number of anilines is 1. The van der Waals surface area contributed by atoms with Gasteiger partial charge in [-0.15, -0.1) is 0 Å². The molecule has 0 spiro atoms. The fraction of sp³-hybridized carbons (Fsp3) is 0.412. The van der Waals surface area contributed by atoms with Crippen molar-refractivity contribution >= 4 is 21.4 Å². The molecule has 0 saturated carbocycles. The zero-order chi connectivity index (χ0) is 19.8. The summed E-state index contributed by atoms with van der Waals surface area (Å²) in [6, 6.07) is 5.83. The number of alkyl halides is 3. The van der Waals surface area contributed by atoms with Crippen molar-refractivity contribution in [2.45, 2.75) is 37.3 Å². The fourth-order valence-corrected chi connectivity index (χ4v) is 4.06. The lowest BCUT2D eigenvalue weighted by Crippen LogP contribution is -2.29. The molecule has 0 fully saturated rings. The second kappa shape index (κ2) is 6.99. The molecule has 6 nitrogen and oxygen atoms in total. The molecule has 2 N–H and O–H groups in total. The summed E-state index contributed by atoms with van der Waals surface area (Å²) in [7, 11) is -3.42. The number of aromatic amines is 1. The summed E-state index contributed by atoms with van der Waals surface area (Å²) in [5.74, 6) is -1.17. The van der Waals surface area contributed by atoms with Gasteiger partial charge in [0.25, 0.3) is 0 Å². The van der Waals surface area contributed by atoms with Gasteiger partial charge in [0.2, 0.25) is 5.91 Å². The summed E-state index contributed by atoms with van der Waals surface area (Å²) in [5, 5.41) is 8.36. The van der Waals surface area contributed by atoms with Crippen LogP contribution in [0.25, 0.3) is 0 Å². The van der Waals surface area contributed by atoms with E-state index in [9.17, 15) is 26.4 Å². The van der Waals surface area contributed by atoms with Crippen LogP contribution in [0.15, 0.2) is 29.2 Å². The van der Waals surface area contributed by atoms with Crippen molar-refractivity contribution in [1.29, 1.82) is 0 Å². The van der Waals surface area contributed by atoms with Crippen molar-refractivity contribution in [3.63, 3.8) is 0 Å². The second-order valence-electron chi connectivity index (χ2n) is 6.39. The lowest BCUT2D eigenvalue weighted by Gasteiger charge is -2.22. The average molecular weight is 401 g/mol. The molecule has 1 aromatic heterocycles. The smallest absolute Gasteiger partial charge is 0.326 e. The van der Waals surface area contributed by atoms with Crippen LogP contribution in [0.3, 0.4) is 0 Å². The maximum Gasteiger partial charge on any atom is 0.435 e. The van der Waals surface area contributed by atoms with Crippen molar-refractivity contribution < 1.29 is 26.4 Å². The van der Waals surface area contributed by atoms with Gasteiger partial charge in [0, 0.05) is 22.9 Å². The van der Waals surface area contributed by atoms with Gasteiger partial charge in [0.05, 0.1) is 10.6 Å². The molecule has 2 aromatic rings. The molecule has 1 amide bonds. The van der Waals surface area contributed by atoms with Crippen LogP contribution >= 0.6 is 0 Å². The van der Waals surface area contributed by atoms with E-state index in [1.165, 1.54) is 25.1 Å². The number of aryl methyl sites for hydroxylation is 1. The van der Waals surface area contributed by atoms with E-state index in [4.69, 9.17) is 0 Å². The van der Waals surface area contributed by atoms with Crippen LogP contribution in [0.1, 0.15) is 30.3 Å². The predicted octanol–water partition coefficient (Wildman–Crippen LogP) is 2.97. The lowest BCUT2D eigenvalue weighted by atomic mass is 9.85. The number of carbonyl (C=O) groups excluding carboxylic acids is 1. The molecule has 146 valence electrons. The Morgan fingerprint density at radius 3 is 2.78 bits per heavy atom. The number of benzene rings is 1. The molecule has 0 radical (unpaired) electrons. The van der Waals surface area contributed by atoms with Crippen LogP contribution in [0.5, 0.6) is 0 Å². The number of halogens is 3. The highest BCUT2D eigenvalue weighted by Crippen LogP contribution is 2.36. The molecular weight excluding hydrogens is 383 g/mol. The number of hydrogen-bond donors (Lipinski definition) is 2. The maximum atomic E-state index is 13.0. The van der Waals surface area contributed by atoms with Crippen molar-refractivity contribution in [3.05, 3.63) is 41.2 Å². The van der Waals surface area contributed by atoms with Crippen LogP contribution in [0, 0.1) is 5.92 Å². The van der Waals surface area contributed by atoms with E-state index >= 15 is 0 Å². The molecular formula is C17H18F3N3O3S. The van der Waals surface area contributed by atoms with E-state index in [1.54, 1.807) is 6.07 Å². The van der Waals surface area contributed by atoms with Crippen LogP contribution in [-0.2, 0) is 33.6 Å². The molecule has 0 bridgehead atoms. The number of aromatic nitrogens is 2. The summed E-state index contributed by atoms with van der Waals surface area (Å²) in [6.45, 7) is 1.52. The number of hydrogen-bond acceptors (Lipinski definition) is 4. The van der Waals surface area contributed by atoms with E-state index in [-0.39, 0.29) is 22.6 Å². The van der Waals surface area contributed by atoms with Gasteiger partial charge in [-0.25, -0.2) is 8.42 Å². The van der Waals surface area contributed by atoms with Gasteiger partial charge in [-0.2, -0.15) is 18.3 Å². The quantitative estimate of drug-likeness (QED) is 0.824. The number of nitrogens with zero attached hydrogens (tertiary/aromatic N) is 1. The third-order valence-electron chi connectivity index (χ3n) is 4.63. The Balaban J connectivity index is 1.77. The average Bonchev–Trinajstić information content (AvgIpc) is 3.05. The van der Waals surface area contributed by atoms with E-state index in [0.717, 1.165) is 0 Å². The van der Waals surface area contributed by atoms with E-state index < -0.39 is 33.5 Å². The fourth-order valence-electron chi connectivity index (χ4n) is 3.13. The number of rotatable bonds is 4. The Labute approximate surface area is 154 Å². The first-order valence-electron chi connectivity index (χ1n) is 8.39. The molecule has 1 heterocycles. The van der Waals surface area contributed by atoms with E-state index in [1.807, 2.05) is 0 Å². The van der Waals surface area contributed by atoms with Gasteiger partial charge in [-0.05, 0) is 37.5 Å². The molecule has 3 rings (SSSR count). The standard InChI is InChI=1S/C17H18F3N3O3S/c1-2-27(25,26)12-5-3-4-11(9-12)21-16(24)10-6-7-14-13(8-10)15(23-22-14)17(18,19)20/h3-5,9-10H,2,6-8H2,1H3,(H,21,24)(H,22,23)/t10-/m1/s1. The van der Waals surface area contributed by atoms with Gasteiger partial charge in [0.1, 0.15) is 0 Å². The molecule has 0 aliphatic heterocycles. The number of carbonyl (C=O) groups is 1. The summed E-state index contributed by atoms with van der Waals surface area (Å²) >= 11 is 0. The molecule has 1 aromatic carbocycles. The monoisotopic (exact) mass is 401 g/mol. The molecule has 1 aliphatic rings.